The van der Waals surface area contributed by atoms with E-state index in [1.807, 2.05) is 0 Å². The fraction of sp³-hybridized carbons (Fsp3) is 1.00. The molecule has 2 fully saturated rings. The summed E-state index contributed by atoms with van der Waals surface area (Å²) in [6.45, 7) is 0. The summed E-state index contributed by atoms with van der Waals surface area (Å²) in [5, 5.41) is 0. The van der Waals surface area contributed by atoms with Gasteiger partial charge in [-0.3, -0.25) is 0 Å². The molecule has 0 aromatic rings. The van der Waals surface area contributed by atoms with Gasteiger partial charge in [-0.05, 0) is 37.8 Å². The Bertz CT molecular complexity index is 142. The van der Waals surface area contributed by atoms with Gasteiger partial charge in [-0.15, -0.1) is 0 Å². The molecule has 0 aliphatic heterocycles. The van der Waals surface area contributed by atoms with Gasteiger partial charge in [-0.1, -0.05) is 38.5 Å². The molecule has 14 heavy (non-hydrogen) atoms. The van der Waals surface area contributed by atoms with Gasteiger partial charge < -0.3 is 3.88 Å². The van der Waals surface area contributed by atoms with Crippen molar-refractivity contribution < 1.29 is 0 Å². The fourth-order valence-electron chi connectivity index (χ4n) is 3.27. The Morgan fingerprint density at radius 3 is 1.36 bits per heavy atom. The molecule has 0 saturated heterocycles. The average Bonchev–Trinajstić information content (AvgIpc) is 2.30. The van der Waals surface area contributed by atoms with Crippen molar-refractivity contribution in [3.63, 3.8) is 0 Å². The normalized spacial score (nSPS) is 26.9. The van der Waals surface area contributed by atoms with Crippen LogP contribution in [0.3, 0.4) is 0 Å². The third-order valence-electron chi connectivity index (χ3n) is 4.30. The van der Waals surface area contributed by atoms with Gasteiger partial charge in [0, 0.05) is 0 Å². The van der Waals surface area contributed by atoms with E-state index in [-0.39, 0.29) is 0 Å². The van der Waals surface area contributed by atoms with Crippen LogP contribution in [0.4, 0.5) is 0 Å². The van der Waals surface area contributed by atoms with Crippen molar-refractivity contribution in [2.24, 2.45) is 0 Å². The molecule has 0 radical (unpaired) electrons. The molecule has 0 aromatic heterocycles. The maximum atomic E-state index is 2.86. The van der Waals surface area contributed by atoms with Gasteiger partial charge in [0.1, 0.15) is 0 Å². The van der Waals surface area contributed by atoms with Crippen molar-refractivity contribution in [3.8, 4) is 0 Å². The minimum absolute atomic E-state index is 0.985. The van der Waals surface area contributed by atoms with E-state index in [4.69, 9.17) is 0 Å². The van der Waals surface area contributed by atoms with E-state index in [2.05, 4.69) is 3.88 Å². The summed E-state index contributed by atoms with van der Waals surface area (Å²) in [5.74, 6) is 0. The van der Waals surface area contributed by atoms with Gasteiger partial charge >= 0.3 is 16.5 Å². The minimum Gasteiger partial charge on any atom is -0.385 e. The second-order valence-corrected chi connectivity index (χ2v) is 6.28. The zero-order valence-corrected chi connectivity index (χ0v) is 11.7. The minimum atomic E-state index is 0.985. The lowest BCUT2D eigenvalue weighted by Gasteiger charge is -2.40. The Hall–Kier alpha value is 0.492. The number of hydrogen-bond acceptors (Lipinski definition) is 1. The highest BCUT2D eigenvalue weighted by Crippen LogP contribution is 2.28. The van der Waals surface area contributed by atoms with E-state index in [9.17, 15) is 0 Å². The van der Waals surface area contributed by atoms with Crippen LogP contribution < -0.4 is 0 Å². The lowest BCUT2D eigenvalue weighted by molar-refractivity contribution is 0.175. The van der Waals surface area contributed by atoms with Gasteiger partial charge in [0.05, 0.1) is 0 Å². The summed E-state index contributed by atoms with van der Waals surface area (Å²) in [4.78, 5) is 0. The molecular formula is C12H24AlN. The molecule has 0 spiro atoms. The van der Waals surface area contributed by atoms with Gasteiger partial charge in [0.15, 0.2) is 0 Å². The zero-order chi connectivity index (χ0) is 9.80. The third kappa shape index (κ3) is 2.75. The predicted octanol–water partition coefficient (Wildman–Crippen LogP) is 2.50. The summed E-state index contributed by atoms with van der Waals surface area (Å²) in [6.07, 6.45) is 15.0. The molecule has 0 aromatic carbocycles. The Morgan fingerprint density at radius 2 is 1.00 bits per heavy atom. The molecule has 2 saturated carbocycles. The first-order valence-electron chi connectivity index (χ1n) is 6.60. The van der Waals surface area contributed by atoms with Crippen molar-refractivity contribution in [1.29, 1.82) is 0 Å². The van der Waals surface area contributed by atoms with E-state index in [0.29, 0.717) is 0 Å². The molecule has 0 bridgehead atoms. The first-order valence-corrected chi connectivity index (χ1v) is 7.49. The van der Waals surface area contributed by atoms with E-state index in [1.165, 1.54) is 80.7 Å². The molecule has 0 amide bonds. The second kappa shape index (κ2) is 5.54. The SMILES string of the molecule is [AlH2][N](C1CCCCC1)C1CCCCC1. The van der Waals surface area contributed by atoms with Crippen molar-refractivity contribution in [2.75, 3.05) is 0 Å². The first-order chi connectivity index (χ1) is 6.88. The fourth-order valence-corrected chi connectivity index (χ4v) is 4.31. The number of rotatable bonds is 2. The Labute approximate surface area is 96.9 Å². The van der Waals surface area contributed by atoms with Crippen LogP contribution in [0.1, 0.15) is 64.2 Å². The molecular weight excluding hydrogens is 185 g/mol. The molecule has 2 heteroatoms. The summed E-state index contributed by atoms with van der Waals surface area (Å²) in [6, 6.07) is 1.97. The van der Waals surface area contributed by atoms with Crippen LogP contribution in [0, 0.1) is 0 Å². The van der Waals surface area contributed by atoms with Gasteiger partial charge in [-0.2, -0.15) is 0 Å². The van der Waals surface area contributed by atoms with Crippen molar-refractivity contribution in [3.05, 3.63) is 0 Å². The van der Waals surface area contributed by atoms with Gasteiger partial charge in [0.25, 0.3) is 0 Å². The second-order valence-electron chi connectivity index (χ2n) is 5.25. The van der Waals surface area contributed by atoms with E-state index < -0.39 is 0 Å². The lowest BCUT2D eigenvalue weighted by Crippen LogP contribution is -2.43. The predicted molar refractivity (Wildman–Crippen MR) is 64.1 cm³/mol. The van der Waals surface area contributed by atoms with Crippen LogP contribution >= 0.6 is 0 Å². The highest BCUT2D eigenvalue weighted by Gasteiger charge is 2.24. The van der Waals surface area contributed by atoms with Crippen LogP contribution in [0.15, 0.2) is 0 Å². The number of nitrogens with zero attached hydrogens (tertiary/aromatic N) is 1. The summed E-state index contributed by atoms with van der Waals surface area (Å²) in [7, 11) is 0. The van der Waals surface area contributed by atoms with E-state index >= 15 is 0 Å². The van der Waals surface area contributed by atoms with E-state index in [1.54, 1.807) is 0 Å². The zero-order valence-electron chi connectivity index (χ0n) is 9.67. The molecule has 2 aliphatic carbocycles. The van der Waals surface area contributed by atoms with Crippen LogP contribution in [0.25, 0.3) is 0 Å². The average molecular weight is 209 g/mol. The maximum Gasteiger partial charge on any atom is 0.322 e. The summed E-state index contributed by atoms with van der Waals surface area (Å²) in [5.41, 5.74) is 0. The van der Waals surface area contributed by atoms with Crippen molar-refractivity contribution in [1.82, 2.24) is 3.88 Å². The third-order valence-corrected chi connectivity index (χ3v) is 5.76. The van der Waals surface area contributed by atoms with Gasteiger partial charge in [-0.25, -0.2) is 0 Å². The largest absolute Gasteiger partial charge is 0.385 e. The Kier molecular flexibility index (Phi) is 4.35. The molecule has 0 atom stereocenters. The lowest BCUT2D eigenvalue weighted by atomic mass is 9.91. The molecule has 0 heterocycles. The molecule has 0 N–H and O–H groups in total. The molecule has 1 nitrogen and oxygen atoms in total. The molecule has 80 valence electrons. The summed E-state index contributed by atoms with van der Waals surface area (Å²) < 4.78 is 2.86. The smallest absolute Gasteiger partial charge is 0.322 e. The van der Waals surface area contributed by atoms with E-state index in [0.717, 1.165) is 12.1 Å². The topological polar surface area (TPSA) is 3.24 Å². The van der Waals surface area contributed by atoms with Crippen LogP contribution in [-0.2, 0) is 0 Å². The molecule has 2 rings (SSSR count). The van der Waals surface area contributed by atoms with Crippen molar-refractivity contribution >= 4 is 16.5 Å². The quantitative estimate of drug-likeness (QED) is 0.632. The van der Waals surface area contributed by atoms with Crippen LogP contribution in [0.5, 0.6) is 0 Å². The molecule has 0 unspecified atom stereocenters. The standard InChI is InChI=1S/C12H22N.Al.2H/c1-3-7-11(8-4-1)13-12-9-5-2-6-10-12;;;/h11-12H,1-10H2;;;/q-1;+1;;. The maximum absolute atomic E-state index is 2.86. The summed E-state index contributed by atoms with van der Waals surface area (Å²) >= 11 is 1.30. The van der Waals surface area contributed by atoms with Crippen LogP contribution in [0.2, 0.25) is 0 Å². The first kappa shape index (κ1) is 11.0. The molecule has 2 aliphatic rings. The Balaban J connectivity index is 1.82. The Morgan fingerprint density at radius 1 is 0.643 bits per heavy atom. The number of hydrogen-bond donors (Lipinski definition) is 0. The monoisotopic (exact) mass is 209 g/mol. The highest BCUT2D eigenvalue weighted by atomic mass is 27.1. The van der Waals surface area contributed by atoms with Crippen LogP contribution in [-0.4, -0.2) is 32.5 Å². The highest BCUT2D eigenvalue weighted by molar-refractivity contribution is 6.04. The van der Waals surface area contributed by atoms with Crippen molar-refractivity contribution in [2.45, 2.75) is 76.3 Å². The van der Waals surface area contributed by atoms with Gasteiger partial charge in [0.2, 0.25) is 0 Å².